The predicted molar refractivity (Wildman–Crippen MR) is 69.0 cm³/mol. The van der Waals surface area contributed by atoms with E-state index >= 15 is 0 Å². The molecule has 2 aromatic heterocycles. The third kappa shape index (κ3) is 2.05. The normalized spacial score (nSPS) is 10.7. The van der Waals surface area contributed by atoms with Crippen LogP contribution in [0.4, 0.5) is 5.95 Å². The first kappa shape index (κ1) is 11.1. The lowest BCUT2D eigenvalue weighted by molar-refractivity contribution is 0.102. The van der Waals surface area contributed by atoms with Gasteiger partial charge in [-0.25, -0.2) is 4.98 Å². The molecule has 2 N–H and O–H groups in total. The SMILES string of the molecule is O=C(Nc1nc2ccccc2[nH]1)c1nnc(Cl)s1. The first-order valence-electron chi connectivity index (χ1n) is 4.97. The van der Waals surface area contributed by atoms with Gasteiger partial charge in [0.1, 0.15) is 0 Å². The summed E-state index contributed by atoms with van der Waals surface area (Å²) in [5, 5.41) is 10.0. The number of carbonyl (C=O) groups is 1. The molecular formula is C10H6ClN5OS. The summed E-state index contributed by atoms with van der Waals surface area (Å²) in [4.78, 5) is 19.0. The number of para-hydroxylation sites is 2. The topological polar surface area (TPSA) is 83.6 Å². The largest absolute Gasteiger partial charge is 0.324 e. The Morgan fingerprint density at radius 1 is 1.33 bits per heavy atom. The molecule has 0 aliphatic carbocycles. The van der Waals surface area contributed by atoms with E-state index in [0.29, 0.717) is 5.95 Å². The predicted octanol–water partition coefficient (Wildman–Crippen LogP) is 2.32. The van der Waals surface area contributed by atoms with Crippen LogP contribution in [-0.2, 0) is 0 Å². The number of hydrogen-bond donors (Lipinski definition) is 2. The average Bonchev–Trinajstić information content (AvgIpc) is 2.94. The van der Waals surface area contributed by atoms with E-state index in [1.807, 2.05) is 24.3 Å². The minimum atomic E-state index is -0.390. The quantitative estimate of drug-likeness (QED) is 0.754. The van der Waals surface area contributed by atoms with Gasteiger partial charge in [-0.05, 0) is 23.7 Å². The van der Waals surface area contributed by atoms with Gasteiger partial charge in [0, 0.05) is 0 Å². The second kappa shape index (κ2) is 4.35. The number of aromatic nitrogens is 4. The zero-order chi connectivity index (χ0) is 12.5. The molecule has 3 rings (SSSR count). The minimum absolute atomic E-state index is 0.195. The molecule has 0 saturated carbocycles. The van der Waals surface area contributed by atoms with Crippen molar-refractivity contribution in [3.63, 3.8) is 0 Å². The van der Waals surface area contributed by atoms with E-state index in [0.717, 1.165) is 22.4 Å². The van der Waals surface area contributed by atoms with Crippen molar-refractivity contribution in [2.45, 2.75) is 0 Å². The summed E-state index contributed by atoms with van der Waals surface area (Å²) in [6.07, 6.45) is 0. The van der Waals surface area contributed by atoms with Crippen molar-refractivity contribution in [3.05, 3.63) is 33.7 Å². The zero-order valence-corrected chi connectivity index (χ0v) is 10.4. The van der Waals surface area contributed by atoms with Gasteiger partial charge in [-0.2, -0.15) is 0 Å². The van der Waals surface area contributed by atoms with Crippen LogP contribution in [0.1, 0.15) is 9.80 Å². The summed E-state index contributed by atoms with van der Waals surface area (Å²) in [7, 11) is 0. The van der Waals surface area contributed by atoms with Gasteiger partial charge in [0.05, 0.1) is 11.0 Å². The molecular weight excluding hydrogens is 274 g/mol. The Kier molecular flexibility index (Phi) is 2.69. The van der Waals surface area contributed by atoms with Crippen LogP contribution >= 0.6 is 22.9 Å². The number of aromatic amines is 1. The van der Waals surface area contributed by atoms with E-state index in [9.17, 15) is 4.79 Å². The number of nitrogens with zero attached hydrogens (tertiary/aromatic N) is 3. The molecule has 0 spiro atoms. The first-order valence-corrected chi connectivity index (χ1v) is 6.17. The Bertz CT molecular complexity index is 689. The number of amides is 1. The highest BCUT2D eigenvalue weighted by Crippen LogP contribution is 2.17. The van der Waals surface area contributed by atoms with E-state index in [4.69, 9.17) is 11.6 Å². The Labute approximate surface area is 110 Å². The molecule has 1 amide bonds. The molecule has 0 atom stereocenters. The van der Waals surface area contributed by atoms with Crippen LogP contribution in [0, 0.1) is 0 Å². The molecule has 0 saturated heterocycles. The second-order valence-electron chi connectivity index (χ2n) is 3.42. The maximum atomic E-state index is 11.8. The monoisotopic (exact) mass is 279 g/mol. The molecule has 0 radical (unpaired) electrons. The number of hydrogen-bond acceptors (Lipinski definition) is 5. The van der Waals surface area contributed by atoms with Crippen molar-refractivity contribution in [3.8, 4) is 0 Å². The second-order valence-corrected chi connectivity index (χ2v) is 4.98. The lowest BCUT2D eigenvalue weighted by atomic mass is 10.3. The van der Waals surface area contributed by atoms with E-state index in [-0.39, 0.29) is 9.47 Å². The first-order chi connectivity index (χ1) is 8.72. The maximum Gasteiger partial charge on any atom is 0.288 e. The van der Waals surface area contributed by atoms with E-state index in [1.54, 1.807) is 0 Å². The van der Waals surface area contributed by atoms with Crippen LogP contribution in [0.2, 0.25) is 4.47 Å². The van der Waals surface area contributed by atoms with Gasteiger partial charge >= 0.3 is 0 Å². The summed E-state index contributed by atoms with van der Waals surface area (Å²) in [6, 6.07) is 7.49. The van der Waals surface area contributed by atoms with Gasteiger partial charge in [-0.1, -0.05) is 23.5 Å². The average molecular weight is 280 g/mol. The summed E-state index contributed by atoms with van der Waals surface area (Å²) in [5.74, 6) is -0.0222. The van der Waals surface area contributed by atoms with Gasteiger partial charge in [0.15, 0.2) is 0 Å². The van der Waals surface area contributed by atoms with Crippen LogP contribution in [0.3, 0.4) is 0 Å². The lowest BCUT2D eigenvalue weighted by Crippen LogP contribution is -2.12. The number of nitrogens with one attached hydrogen (secondary N) is 2. The van der Waals surface area contributed by atoms with E-state index < -0.39 is 5.91 Å². The summed E-state index contributed by atoms with van der Waals surface area (Å²) in [6.45, 7) is 0. The Balaban J connectivity index is 1.86. The third-order valence-electron chi connectivity index (χ3n) is 2.22. The summed E-state index contributed by atoms with van der Waals surface area (Å²) in [5.41, 5.74) is 1.63. The molecule has 0 aliphatic rings. The number of rotatable bonds is 2. The molecule has 0 aliphatic heterocycles. The molecule has 6 nitrogen and oxygen atoms in total. The van der Waals surface area contributed by atoms with Gasteiger partial charge < -0.3 is 4.98 Å². The molecule has 18 heavy (non-hydrogen) atoms. The van der Waals surface area contributed by atoms with Crippen molar-refractivity contribution in [2.75, 3.05) is 5.32 Å². The van der Waals surface area contributed by atoms with E-state index in [1.165, 1.54) is 0 Å². The fraction of sp³-hybridized carbons (Fsp3) is 0. The maximum absolute atomic E-state index is 11.8. The zero-order valence-electron chi connectivity index (χ0n) is 8.85. The van der Waals surface area contributed by atoms with E-state index in [2.05, 4.69) is 25.5 Å². The molecule has 0 fully saturated rings. The molecule has 90 valence electrons. The van der Waals surface area contributed by atoms with Gasteiger partial charge in [-0.15, -0.1) is 10.2 Å². The highest BCUT2D eigenvalue weighted by molar-refractivity contribution is 7.17. The van der Waals surface area contributed by atoms with Crippen molar-refractivity contribution in [1.29, 1.82) is 0 Å². The number of benzene rings is 1. The number of carbonyl (C=O) groups excluding carboxylic acids is 1. The highest BCUT2D eigenvalue weighted by Gasteiger charge is 2.13. The van der Waals surface area contributed by atoms with Gasteiger partial charge in [0.25, 0.3) is 5.91 Å². The van der Waals surface area contributed by atoms with Crippen molar-refractivity contribution in [1.82, 2.24) is 20.2 Å². The molecule has 2 heterocycles. The molecule has 8 heteroatoms. The number of halogens is 1. The van der Waals surface area contributed by atoms with Crippen LogP contribution in [-0.4, -0.2) is 26.1 Å². The summed E-state index contributed by atoms with van der Waals surface area (Å²) >= 11 is 6.62. The number of fused-ring (bicyclic) bond motifs is 1. The third-order valence-corrected chi connectivity index (χ3v) is 3.23. The Morgan fingerprint density at radius 3 is 2.89 bits per heavy atom. The van der Waals surface area contributed by atoms with Gasteiger partial charge in [0.2, 0.25) is 15.4 Å². The lowest BCUT2D eigenvalue weighted by Gasteiger charge is -1.95. The standard InChI is InChI=1S/C10H6ClN5OS/c11-9-16-15-8(18-9)7(17)14-10-12-5-3-1-2-4-6(5)13-10/h1-4H,(H2,12,13,14,17). The number of imidazole rings is 1. The fourth-order valence-electron chi connectivity index (χ4n) is 1.47. The van der Waals surface area contributed by atoms with Crippen LogP contribution in [0.15, 0.2) is 24.3 Å². The molecule has 0 unspecified atom stereocenters. The number of anilines is 1. The van der Waals surface area contributed by atoms with Gasteiger partial charge in [-0.3, -0.25) is 10.1 Å². The van der Waals surface area contributed by atoms with Crippen LogP contribution in [0.5, 0.6) is 0 Å². The molecule has 1 aromatic carbocycles. The van der Waals surface area contributed by atoms with Crippen LogP contribution in [0.25, 0.3) is 11.0 Å². The van der Waals surface area contributed by atoms with Crippen molar-refractivity contribution in [2.24, 2.45) is 0 Å². The minimum Gasteiger partial charge on any atom is -0.324 e. The van der Waals surface area contributed by atoms with Crippen LogP contribution < -0.4 is 5.32 Å². The van der Waals surface area contributed by atoms with Crippen molar-refractivity contribution < 1.29 is 4.79 Å². The Hall–Kier alpha value is -1.99. The molecule has 3 aromatic rings. The van der Waals surface area contributed by atoms with Crippen molar-refractivity contribution >= 4 is 45.8 Å². The molecule has 0 bridgehead atoms. The number of H-pyrrole nitrogens is 1. The fourth-order valence-corrected chi connectivity index (χ4v) is 2.19. The smallest absolute Gasteiger partial charge is 0.288 e. The highest BCUT2D eigenvalue weighted by atomic mass is 35.5. The Morgan fingerprint density at radius 2 is 2.17 bits per heavy atom. The summed E-state index contributed by atoms with van der Waals surface area (Å²) < 4.78 is 0.227.